The zero-order valence-electron chi connectivity index (χ0n) is 22.3. The molecule has 0 aliphatic carbocycles. The van der Waals surface area contributed by atoms with Crippen LogP contribution in [-0.4, -0.2) is 75.1 Å². The van der Waals surface area contributed by atoms with E-state index in [1.54, 1.807) is 43.5 Å². The van der Waals surface area contributed by atoms with Crippen molar-refractivity contribution in [2.75, 3.05) is 48.5 Å². The van der Waals surface area contributed by atoms with Gasteiger partial charge in [0.05, 0.1) is 32.9 Å². The Bertz CT molecular complexity index is 1180. The molecular formula is C28H36N2O6. The van der Waals surface area contributed by atoms with Gasteiger partial charge in [-0.15, -0.1) is 0 Å². The van der Waals surface area contributed by atoms with Crippen LogP contribution < -0.4 is 14.2 Å². The summed E-state index contributed by atoms with van der Waals surface area (Å²) in [6.45, 7) is 6.93. The van der Waals surface area contributed by atoms with E-state index >= 15 is 0 Å². The monoisotopic (exact) mass is 496 g/mol. The van der Waals surface area contributed by atoms with E-state index in [1.807, 2.05) is 39.8 Å². The van der Waals surface area contributed by atoms with Crippen molar-refractivity contribution in [2.24, 2.45) is 0 Å². The van der Waals surface area contributed by atoms with Crippen molar-refractivity contribution in [3.05, 3.63) is 58.7 Å². The molecule has 3 rings (SSSR count). The van der Waals surface area contributed by atoms with Crippen LogP contribution in [-0.2, 0) is 15.0 Å². The van der Waals surface area contributed by atoms with Crippen LogP contribution in [0.5, 0.6) is 17.2 Å². The maximum atomic E-state index is 13.4. The molecule has 1 N–H and O–H groups in total. The molecule has 0 saturated carbocycles. The quantitative estimate of drug-likeness (QED) is 0.336. The maximum Gasteiger partial charge on any atom is 0.295 e. The summed E-state index contributed by atoms with van der Waals surface area (Å²) in [5.41, 5.74) is 1.58. The van der Waals surface area contributed by atoms with Gasteiger partial charge in [0.15, 0.2) is 11.5 Å². The minimum absolute atomic E-state index is 0.00957. The molecule has 1 saturated heterocycles. The molecule has 194 valence electrons. The summed E-state index contributed by atoms with van der Waals surface area (Å²) in [6, 6.07) is 9.70. The van der Waals surface area contributed by atoms with E-state index in [1.165, 1.54) is 19.1 Å². The molecule has 0 radical (unpaired) electrons. The van der Waals surface area contributed by atoms with Gasteiger partial charge in [0.1, 0.15) is 11.5 Å². The summed E-state index contributed by atoms with van der Waals surface area (Å²) in [5.74, 6) is -0.113. The highest BCUT2D eigenvalue weighted by Gasteiger charge is 2.47. The molecule has 0 bridgehead atoms. The summed E-state index contributed by atoms with van der Waals surface area (Å²) >= 11 is 0. The number of hydrogen-bond acceptors (Lipinski definition) is 7. The van der Waals surface area contributed by atoms with Crippen LogP contribution in [0.1, 0.15) is 43.5 Å². The summed E-state index contributed by atoms with van der Waals surface area (Å²) in [4.78, 5) is 30.1. The number of methoxy groups -OCH3 is 3. The molecule has 1 heterocycles. The normalized spacial score (nSPS) is 17.6. The molecule has 8 nitrogen and oxygen atoms in total. The summed E-state index contributed by atoms with van der Waals surface area (Å²) in [7, 11) is 8.41. The molecule has 0 aromatic heterocycles. The lowest BCUT2D eigenvalue weighted by Crippen LogP contribution is -2.35. The fourth-order valence-electron chi connectivity index (χ4n) is 4.47. The molecule has 1 fully saturated rings. The van der Waals surface area contributed by atoms with Crippen molar-refractivity contribution in [2.45, 2.75) is 32.2 Å². The maximum absolute atomic E-state index is 13.4. The third-order valence-corrected chi connectivity index (χ3v) is 6.34. The zero-order chi connectivity index (χ0) is 26.8. The second-order valence-corrected chi connectivity index (χ2v) is 10.0. The van der Waals surface area contributed by atoms with E-state index in [9.17, 15) is 14.7 Å². The van der Waals surface area contributed by atoms with E-state index in [0.29, 0.717) is 34.9 Å². The molecule has 1 aliphatic rings. The van der Waals surface area contributed by atoms with Crippen molar-refractivity contribution in [3.8, 4) is 17.2 Å². The number of amides is 1. The highest BCUT2D eigenvalue weighted by molar-refractivity contribution is 6.46. The van der Waals surface area contributed by atoms with Gasteiger partial charge in [-0.3, -0.25) is 9.59 Å². The van der Waals surface area contributed by atoms with Gasteiger partial charge >= 0.3 is 0 Å². The number of nitrogens with zero attached hydrogens (tertiary/aromatic N) is 2. The van der Waals surface area contributed by atoms with Gasteiger partial charge < -0.3 is 29.1 Å². The van der Waals surface area contributed by atoms with Gasteiger partial charge in [-0.2, -0.15) is 0 Å². The number of hydrogen-bond donors (Lipinski definition) is 1. The number of ketones is 1. The smallest absolute Gasteiger partial charge is 0.295 e. The standard InChI is InChI=1S/C28H36N2O6/c1-28(2,3)19-16-17(12-13-20(19)34-6)24(31)22-23(18-10-9-11-21(35-7)26(18)36-8)30(15-14-29(4)5)27(33)25(22)32/h9-13,16,23,31H,14-15H2,1-8H3/b24-22+. The lowest BCUT2D eigenvalue weighted by molar-refractivity contribution is -0.140. The molecular weight excluding hydrogens is 460 g/mol. The average molecular weight is 497 g/mol. The fourth-order valence-corrected chi connectivity index (χ4v) is 4.47. The largest absolute Gasteiger partial charge is 0.507 e. The highest BCUT2D eigenvalue weighted by atomic mass is 16.5. The molecule has 0 spiro atoms. The molecule has 8 heteroatoms. The second-order valence-electron chi connectivity index (χ2n) is 10.0. The topological polar surface area (TPSA) is 88.5 Å². The third kappa shape index (κ3) is 5.04. The Morgan fingerprint density at radius 1 is 1.00 bits per heavy atom. The fraction of sp³-hybridized carbons (Fsp3) is 0.429. The molecule has 1 aliphatic heterocycles. The number of aliphatic hydroxyl groups excluding tert-OH is 1. The van der Waals surface area contributed by atoms with Crippen LogP contribution in [0.25, 0.3) is 5.76 Å². The first kappa shape index (κ1) is 27.1. The number of benzene rings is 2. The first-order valence-electron chi connectivity index (χ1n) is 11.8. The molecule has 2 aromatic rings. The van der Waals surface area contributed by atoms with Crippen molar-refractivity contribution in [1.29, 1.82) is 0 Å². The van der Waals surface area contributed by atoms with Crippen LogP contribution in [0.15, 0.2) is 42.0 Å². The summed E-state index contributed by atoms with van der Waals surface area (Å²) in [6.07, 6.45) is 0. The van der Waals surface area contributed by atoms with Gasteiger partial charge in [0.25, 0.3) is 11.7 Å². The predicted octanol–water partition coefficient (Wildman–Crippen LogP) is 3.99. The van der Waals surface area contributed by atoms with Crippen LogP contribution in [0.4, 0.5) is 0 Å². The molecule has 36 heavy (non-hydrogen) atoms. The molecule has 1 atom stereocenters. The number of likely N-dealkylation sites (tertiary alicyclic amines) is 1. The van der Waals surface area contributed by atoms with E-state index in [-0.39, 0.29) is 23.3 Å². The predicted molar refractivity (Wildman–Crippen MR) is 139 cm³/mol. The minimum atomic E-state index is -0.852. The Morgan fingerprint density at radius 2 is 1.67 bits per heavy atom. The van der Waals surface area contributed by atoms with E-state index < -0.39 is 17.7 Å². The Labute approximate surface area is 213 Å². The van der Waals surface area contributed by atoms with Crippen molar-refractivity contribution < 1.29 is 28.9 Å². The van der Waals surface area contributed by atoms with Gasteiger partial charge in [0, 0.05) is 29.8 Å². The second kappa shape index (κ2) is 10.6. The van der Waals surface area contributed by atoms with Crippen LogP contribution in [0.2, 0.25) is 0 Å². The van der Waals surface area contributed by atoms with E-state index in [4.69, 9.17) is 14.2 Å². The molecule has 1 amide bonds. The summed E-state index contributed by atoms with van der Waals surface area (Å²) in [5, 5.41) is 11.5. The summed E-state index contributed by atoms with van der Waals surface area (Å²) < 4.78 is 16.6. The minimum Gasteiger partial charge on any atom is -0.507 e. The Hall–Kier alpha value is -3.52. The first-order chi connectivity index (χ1) is 17.0. The Morgan fingerprint density at radius 3 is 2.22 bits per heavy atom. The van der Waals surface area contributed by atoms with Gasteiger partial charge in [-0.05, 0) is 43.8 Å². The van der Waals surface area contributed by atoms with Gasteiger partial charge in [-0.25, -0.2) is 0 Å². The zero-order valence-corrected chi connectivity index (χ0v) is 22.3. The SMILES string of the molecule is COc1ccc(/C(O)=C2\C(=O)C(=O)N(CCN(C)C)C2c2cccc(OC)c2OC)cc1C(C)(C)C. The van der Waals surface area contributed by atoms with Crippen molar-refractivity contribution in [3.63, 3.8) is 0 Å². The Kier molecular flexibility index (Phi) is 7.99. The van der Waals surface area contributed by atoms with Crippen LogP contribution in [0.3, 0.4) is 0 Å². The number of rotatable bonds is 8. The number of para-hydroxylation sites is 1. The number of ether oxygens (including phenoxy) is 3. The molecule has 2 aromatic carbocycles. The lowest BCUT2D eigenvalue weighted by Gasteiger charge is -2.28. The first-order valence-corrected chi connectivity index (χ1v) is 11.8. The number of carbonyl (C=O) groups excluding carboxylic acids is 2. The number of carbonyl (C=O) groups is 2. The van der Waals surface area contributed by atoms with Crippen molar-refractivity contribution in [1.82, 2.24) is 9.80 Å². The lowest BCUT2D eigenvalue weighted by atomic mass is 9.84. The van der Waals surface area contributed by atoms with Gasteiger partial charge in [-0.1, -0.05) is 32.9 Å². The third-order valence-electron chi connectivity index (χ3n) is 6.34. The Balaban J connectivity index is 2.29. The van der Waals surface area contributed by atoms with Crippen LogP contribution >= 0.6 is 0 Å². The molecule has 1 unspecified atom stereocenters. The number of Topliss-reactive ketones (excluding diaryl/α,β-unsaturated/α-hetero) is 1. The van der Waals surface area contributed by atoms with Crippen LogP contribution in [0, 0.1) is 0 Å². The highest BCUT2D eigenvalue weighted by Crippen LogP contribution is 2.46. The van der Waals surface area contributed by atoms with E-state index in [2.05, 4.69) is 0 Å². The van der Waals surface area contributed by atoms with Crippen molar-refractivity contribution >= 4 is 17.4 Å². The number of likely N-dealkylation sites (N-methyl/N-ethyl adjacent to an activating group) is 1. The van der Waals surface area contributed by atoms with E-state index in [0.717, 1.165) is 5.56 Å². The average Bonchev–Trinajstić information content (AvgIpc) is 3.10. The number of aliphatic hydroxyl groups is 1. The van der Waals surface area contributed by atoms with Gasteiger partial charge in [0.2, 0.25) is 0 Å².